The van der Waals surface area contributed by atoms with Crippen LogP contribution in [-0.2, 0) is 11.3 Å². The van der Waals surface area contributed by atoms with Gasteiger partial charge in [-0.3, -0.25) is 9.79 Å². The van der Waals surface area contributed by atoms with E-state index in [9.17, 15) is 9.18 Å². The molecule has 7 heteroatoms. The topological polar surface area (TPSA) is 69.6 Å². The van der Waals surface area contributed by atoms with E-state index in [4.69, 9.17) is 0 Å². The van der Waals surface area contributed by atoms with E-state index >= 15 is 0 Å². The smallest absolute Gasteiger partial charge is 0.227 e. The van der Waals surface area contributed by atoms with Gasteiger partial charge in [0.05, 0.1) is 6.54 Å². The molecule has 0 atom stereocenters. The number of nitrogens with one attached hydrogen (secondary N) is 2. The van der Waals surface area contributed by atoms with Crippen LogP contribution in [0.15, 0.2) is 47.6 Å². The Kier molecular flexibility index (Phi) is 7.73. The molecule has 0 saturated heterocycles. The van der Waals surface area contributed by atoms with E-state index in [2.05, 4.69) is 20.6 Å². The molecule has 0 saturated carbocycles. The summed E-state index contributed by atoms with van der Waals surface area (Å²) in [6.45, 7) is 5.58. The molecule has 1 aromatic carbocycles. The van der Waals surface area contributed by atoms with E-state index in [0.717, 1.165) is 11.1 Å². The Bertz CT molecular complexity index is 759. The monoisotopic (exact) mass is 371 g/mol. The summed E-state index contributed by atoms with van der Waals surface area (Å²) in [5.74, 6) is 0.848. The minimum Gasteiger partial charge on any atom is -0.357 e. The third-order valence-corrected chi connectivity index (χ3v) is 3.81. The normalized spacial score (nSPS) is 11.2. The summed E-state index contributed by atoms with van der Waals surface area (Å²) in [6.07, 6.45) is 1.97. The van der Waals surface area contributed by atoms with Crippen LogP contribution in [-0.4, -0.2) is 41.9 Å². The van der Waals surface area contributed by atoms with E-state index in [1.165, 1.54) is 12.1 Å². The Balaban J connectivity index is 1.88. The first kappa shape index (κ1) is 20.4. The molecule has 1 heterocycles. The largest absolute Gasteiger partial charge is 0.357 e. The van der Waals surface area contributed by atoms with Gasteiger partial charge in [0.25, 0.3) is 0 Å². The van der Waals surface area contributed by atoms with Crippen molar-refractivity contribution in [3.05, 3.63) is 59.5 Å². The molecule has 0 spiro atoms. The van der Waals surface area contributed by atoms with Crippen molar-refractivity contribution < 1.29 is 9.18 Å². The van der Waals surface area contributed by atoms with Crippen molar-refractivity contribution in [3.63, 3.8) is 0 Å². The van der Waals surface area contributed by atoms with Crippen LogP contribution in [0.3, 0.4) is 0 Å². The molecule has 0 aliphatic rings. The number of halogens is 1. The molecular formula is C20H26FN5O. The molecule has 1 aromatic heterocycles. The van der Waals surface area contributed by atoms with Crippen LogP contribution in [0.5, 0.6) is 0 Å². The molecule has 2 aromatic rings. The van der Waals surface area contributed by atoms with Gasteiger partial charge in [0.15, 0.2) is 5.96 Å². The number of carbonyl (C=O) groups excluding carboxylic acids is 1. The Morgan fingerprint density at radius 2 is 1.96 bits per heavy atom. The summed E-state index contributed by atoms with van der Waals surface area (Å²) in [5, 5.41) is 5.96. The molecule has 6 nitrogen and oxygen atoms in total. The molecule has 1 amide bonds. The predicted octanol–water partition coefficient (Wildman–Crippen LogP) is 2.96. The molecule has 2 rings (SSSR count). The van der Waals surface area contributed by atoms with Gasteiger partial charge >= 0.3 is 0 Å². The number of anilines is 1. The van der Waals surface area contributed by atoms with Gasteiger partial charge in [-0.1, -0.05) is 18.2 Å². The minimum atomic E-state index is -0.254. The van der Waals surface area contributed by atoms with Gasteiger partial charge in [-0.25, -0.2) is 9.37 Å². The first-order chi connectivity index (χ1) is 13.0. The standard InChI is InChI=1S/C20H26FN5O/c1-4-22-20(26(3)14-16-6-8-17(21)9-7-16)23-12-11-19(27)25-18-10-5-15(2)13-24-18/h5-10,13H,4,11-12,14H2,1-3H3,(H,22,23)(H,24,25,27). The minimum absolute atomic E-state index is 0.132. The number of aryl methyl sites for hydroxylation is 1. The van der Waals surface area contributed by atoms with Crippen LogP contribution in [0.25, 0.3) is 0 Å². The van der Waals surface area contributed by atoms with Crippen molar-refractivity contribution in [2.45, 2.75) is 26.8 Å². The lowest BCUT2D eigenvalue weighted by Crippen LogP contribution is -2.38. The van der Waals surface area contributed by atoms with Crippen molar-refractivity contribution in [2.75, 3.05) is 25.5 Å². The van der Waals surface area contributed by atoms with Gasteiger partial charge in [0, 0.05) is 32.8 Å². The number of pyridine rings is 1. The van der Waals surface area contributed by atoms with E-state index in [1.807, 2.05) is 31.9 Å². The van der Waals surface area contributed by atoms with Crippen LogP contribution in [0.1, 0.15) is 24.5 Å². The van der Waals surface area contributed by atoms with Crippen LogP contribution in [0.2, 0.25) is 0 Å². The Hall–Kier alpha value is -2.96. The highest BCUT2D eigenvalue weighted by Gasteiger charge is 2.08. The SMILES string of the molecule is CCNC(=NCCC(=O)Nc1ccc(C)cn1)N(C)Cc1ccc(F)cc1. The zero-order valence-electron chi connectivity index (χ0n) is 16.0. The maximum atomic E-state index is 13.0. The second-order valence-electron chi connectivity index (χ2n) is 6.24. The van der Waals surface area contributed by atoms with E-state index in [-0.39, 0.29) is 18.1 Å². The molecule has 0 radical (unpaired) electrons. The summed E-state index contributed by atoms with van der Waals surface area (Å²) in [7, 11) is 1.90. The van der Waals surface area contributed by atoms with Crippen molar-refractivity contribution in [1.29, 1.82) is 0 Å². The Morgan fingerprint density at radius 3 is 2.59 bits per heavy atom. The molecule has 27 heavy (non-hydrogen) atoms. The fraction of sp³-hybridized carbons (Fsp3) is 0.350. The van der Waals surface area contributed by atoms with Crippen molar-refractivity contribution in [2.24, 2.45) is 4.99 Å². The highest BCUT2D eigenvalue weighted by molar-refractivity contribution is 5.90. The third kappa shape index (κ3) is 7.05. The summed E-state index contributed by atoms with van der Waals surface area (Å²) in [4.78, 5) is 22.6. The van der Waals surface area contributed by atoms with Crippen LogP contribution >= 0.6 is 0 Å². The highest BCUT2D eigenvalue weighted by Crippen LogP contribution is 2.06. The van der Waals surface area contributed by atoms with Crippen molar-refractivity contribution in [1.82, 2.24) is 15.2 Å². The lowest BCUT2D eigenvalue weighted by Gasteiger charge is -2.22. The maximum Gasteiger partial charge on any atom is 0.227 e. The number of aromatic nitrogens is 1. The van der Waals surface area contributed by atoms with Gasteiger partial charge < -0.3 is 15.5 Å². The number of benzene rings is 1. The van der Waals surface area contributed by atoms with Crippen molar-refractivity contribution >= 4 is 17.7 Å². The van der Waals surface area contributed by atoms with Gasteiger partial charge in [0.2, 0.25) is 5.91 Å². The summed E-state index contributed by atoms with van der Waals surface area (Å²) >= 11 is 0. The number of rotatable bonds is 7. The average molecular weight is 371 g/mol. The fourth-order valence-electron chi connectivity index (χ4n) is 2.42. The number of hydrogen-bond donors (Lipinski definition) is 2. The average Bonchev–Trinajstić information content (AvgIpc) is 2.65. The molecule has 2 N–H and O–H groups in total. The molecular weight excluding hydrogens is 345 g/mol. The van der Waals surface area contributed by atoms with Crippen LogP contribution in [0, 0.1) is 12.7 Å². The first-order valence-corrected chi connectivity index (χ1v) is 8.94. The second kappa shape index (κ2) is 10.3. The predicted molar refractivity (Wildman–Crippen MR) is 106 cm³/mol. The summed E-state index contributed by atoms with van der Waals surface area (Å²) in [6, 6.07) is 10.0. The van der Waals surface area contributed by atoms with Gasteiger partial charge in [0.1, 0.15) is 11.6 Å². The van der Waals surface area contributed by atoms with Gasteiger partial charge in [-0.15, -0.1) is 0 Å². The lowest BCUT2D eigenvalue weighted by atomic mass is 10.2. The number of nitrogens with zero attached hydrogens (tertiary/aromatic N) is 3. The molecule has 0 unspecified atom stereocenters. The van der Waals surface area contributed by atoms with Crippen molar-refractivity contribution in [3.8, 4) is 0 Å². The molecule has 144 valence electrons. The van der Waals surface area contributed by atoms with E-state index in [0.29, 0.717) is 31.4 Å². The molecule has 0 aliphatic heterocycles. The lowest BCUT2D eigenvalue weighted by molar-refractivity contribution is -0.116. The number of aliphatic imine (C=N–C) groups is 1. The summed E-state index contributed by atoms with van der Waals surface area (Å²) < 4.78 is 13.0. The number of guanidine groups is 1. The highest BCUT2D eigenvalue weighted by atomic mass is 19.1. The number of amides is 1. The zero-order valence-corrected chi connectivity index (χ0v) is 16.0. The Labute approximate surface area is 159 Å². The quantitative estimate of drug-likeness (QED) is 0.580. The van der Waals surface area contributed by atoms with Crippen LogP contribution < -0.4 is 10.6 Å². The number of carbonyl (C=O) groups is 1. The number of hydrogen-bond acceptors (Lipinski definition) is 3. The van der Waals surface area contributed by atoms with Crippen LogP contribution in [0.4, 0.5) is 10.2 Å². The van der Waals surface area contributed by atoms with Gasteiger partial charge in [-0.2, -0.15) is 0 Å². The first-order valence-electron chi connectivity index (χ1n) is 8.94. The van der Waals surface area contributed by atoms with E-state index in [1.54, 1.807) is 24.4 Å². The fourth-order valence-corrected chi connectivity index (χ4v) is 2.42. The molecule has 0 fully saturated rings. The van der Waals surface area contributed by atoms with Gasteiger partial charge in [-0.05, 0) is 43.2 Å². The second-order valence-corrected chi connectivity index (χ2v) is 6.24. The molecule has 0 bridgehead atoms. The summed E-state index contributed by atoms with van der Waals surface area (Å²) in [5.41, 5.74) is 2.02. The van der Waals surface area contributed by atoms with E-state index < -0.39 is 0 Å². The zero-order chi connectivity index (χ0) is 19.6. The molecule has 0 aliphatic carbocycles. The maximum absolute atomic E-state index is 13.0. The third-order valence-electron chi connectivity index (χ3n) is 3.81. The Morgan fingerprint density at radius 1 is 1.22 bits per heavy atom.